The van der Waals surface area contributed by atoms with Crippen molar-refractivity contribution in [1.82, 2.24) is 19.8 Å². The van der Waals surface area contributed by atoms with Crippen LogP contribution in [-0.4, -0.2) is 59.0 Å². The Morgan fingerprint density at radius 2 is 2.07 bits per heavy atom. The molecule has 6 heteroatoms. The molecule has 2 aliphatic heterocycles. The number of nitrogens with one attached hydrogen (secondary N) is 1. The molecule has 0 bridgehead atoms. The second-order valence-corrected chi connectivity index (χ2v) is 8.30. The topological polar surface area (TPSA) is 61.5 Å². The first-order valence-electron chi connectivity index (χ1n) is 10.3. The van der Waals surface area contributed by atoms with Gasteiger partial charge in [0, 0.05) is 56.3 Å². The minimum Gasteiger partial charge on any atom is -0.497 e. The number of carbonyl (C=O) groups is 1. The van der Waals surface area contributed by atoms with E-state index < -0.39 is 0 Å². The van der Waals surface area contributed by atoms with E-state index in [-0.39, 0.29) is 5.41 Å². The van der Waals surface area contributed by atoms with E-state index in [1.807, 2.05) is 18.3 Å². The number of aromatic amines is 1. The Morgan fingerprint density at radius 1 is 1.21 bits per heavy atom. The number of H-pyrrole nitrogens is 1. The second-order valence-electron chi connectivity index (χ2n) is 8.30. The second kappa shape index (κ2) is 8.35. The van der Waals surface area contributed by atoms with Crippen molar-refractivity contribution in [2.24, 2.45) is 5.41 Å². The molecule has 1 aromatic heterocycles. The lowest BCUT2D eigenvalue weighted by molar-refractivity contribution is -0.139. The predicted octanol–water partition coefficient (Wildman–Crippen LogP) is 2.87. The fourth-order valence-electron chi connectivity index (χ4n) is 4.75. The maximum atomic E-state index is 12.5. The fraction of sp³-hybridized carbons (Fsp3) is 0.545. The number of likely N-dealkylation sites (tertiary alicyclic amines) is 2. The molecule has 0 aliphatic carbocycles. The minimum absolute atomic E-state index is 0.243. The number of amides is 1. The summed E-state index contributed by atoms with van der Waals surface area (Å²) in [5.74, 6) is 1.20. The number of nitrogens with zero attached hydrogens (tertiary/aromatic N) is 3. The molecular weight excluding hydrogens is 352 g/mol. The molecule has 1 N–H and O–H groups in total. The van der Waals surface area contributed by atoms with Gasteiger partial charge in [0.2, 0.25) is 5.91 Å². The summed E-state index contributed by atoms with van der Waals surface area (Å²) < 4.78 is 5.26. The Morgan fingerprint density at radius 3 is 2.82 bits per heavy atom. The van der Waals surface area contributed by atoms with Crippen molar-refractivity contribution in [1.29, 1.82) is 0 Å². The average Bonchev–Trinajstić information content (AvgIpc) is 3.23. The van der Waals surface area contributed by atoms with E-state index >= 15 is 0 Å². The standard InChI is InChI=1S/C22H30N4O2/c1-28-20-5-3-18(4-6-20)14-25-11-2-9-22(15-25)10-7-21(27)26(16-22)12-8-19-13-23-17-24-19/h3-6,13,17H,2,7-12,14-16H2,1H3,(H,23,24)/t22-/m0/s1. The first-order chi connectivity index (χ1) is 13.7. The monoisotopic (exact) mass is 382 g/mol. The lowest BCUT2D eigenvalue weighted by Crippen LogP contribution is -2.54. The molecule has 2 saturated heterocycles. The van der Waals surface area contributed by atoms with Crippen molar-refractivity contribution in [3.8, 4) is 5.75 Å². The highest BCUT2D eigenvalue weighted by atomic mass is 16.5. The van der Waals surface area contributed by atoms with Crippen LogP contribution in [0.4, 0.5) is 0 Å². The van der Waals surface area contributed by atoms with Gasteiger partial charge in [0.05, 0.1) is 13.4 Å². The Labute approximate surface area is 166 Å². The molecule has 0 saturated carbocycles. The Kier molecular flexibility index (Phi) is 5.67. The number of hydrogen-bond acceptors (Lipinski definition) is 4. The van der Waals surface area contributed by atoms with Crippen LogP contribution in [0, 0.1) is 5.41 Å². The summed E-state index contributed by atoms with van der Waals surface area (Å²) >= 11 is 0. The summed E-state index contributed by atoms with van der Waals surface area (Å²) in [6.45, 7) is 4.84. The zero-order chi connectivity index (χ0) is 19.4. The number of methoxy groups -OCH3 is 1. The number of rotatable bonds is 6. The summed E-state index contributed by atoms with van der Waals surface area (Å²) in [6.07, 6.45) is 8.52. The summed E-state index contributed by atoms with van der Waals surface area (Å²) in [4.78, 5) is 24.3. The molecule has 2 aliphatic rings. The van der Waals surface area contributed by atoms with Crippen molar-refractivity contribution in [2.45, 2.75) is 38.6 Å². The number of ether oxygens (including phenoxy) is 1. The van der Waals surface area contributed by atoms with Crippen molar-refractivity contribution in [3.63, 3.8) is 0 Å². The van der Waals surface area contributed by atoms with E-state index in [0.717, 1.165) is 57.0 Å². The smallest absolute Gasteiger partial charge is 0.222 e. The Balaban J connectivity index is 1.37. The van der Waals surface area contributed by atoms with Gasteiger partial charge in [0.25, 0.3) is 0 Å². The third-order valence-electron chi connectivity index (χ3n) is 6.26. The van der Waals surface area contributed by atoms with E-state index in [1.165, 1.54) is 18.4 Å². The number of aromatic nitrogens is 2. The number of benzene rings is 1. The van der Waals surface area contributed by atoms with Crippen molar-refractivity contribution < 1.29 is 9.53 Å². The predicted molar refractivity (Wildman–Crippen MR) is 108 cm³/mol. The van der Waals surface area contributed by atoms with E-state index in [1.54, 1.807) is 13.4 Å². The van der Waals surface area contributed by atoms with Gasteiger partial charge in [-0.2, -0.15) is 0 Å². The van der Waals surface area contributed by atoms with Crippen LogP contribution < -0.4 is 4.74 Å². The number of hydrogen-bond donors (Lipinski definition) is 1. The summed E-state index contributed by atoms with van der Waals surface area (Å²) in [7, 11) is 1.70. The van der Waals surface area contributed by atoms with Crippen LogP contribution in [0.1, 0.15) is 36.9 Å². The van der Waals surface area contributed by atoms with Crippen LogP contribution in [0.2, 0.25) is 0 Å². The zero-order valence-corrected chi connectivity index (χ0v) is 16.7. The van der Waals surface area contributed by atoms with Gasteiger partial charge in [-0.3, -0.25) is 9.69 Å². The number of carbonyl (C=O) groups excluding carboxylic acids is 1. The normalized spacial score (nSPS) is 23.3. The molecule has 0 unspecified atom stereocenters. The molecule has 1 amide bonds. The van der Waals surface area contributed by atoms with Gasteiger partial charge in [-0.1, -0.05) is 12.1 Å². The molecule has 4 rings (SSSR count). The zero-order valence-electron chi connectivity index (χ0n) is 16.7. The molecule has 0 radical (unpaired) electrons. The molecule has 28 heavy (non-hydrogen) atoms. The van der Waals surface area contributed by atoms with Gasteiger partial charge in [-0.25, -0.2) is 4.98 Å². The SMILES string of the molecule is COc1ccc(CN2CCC[C@]3(CCC(=O)N(CCc4cnc[nH]4)C3)C2)cc1. The Hall–Kier alpha value is -2.34. The van der Waals surface area contributed by atoms with Crippen molar-refractivity contribution in [3.05, 3.63) is 48.0 Å². The molecule has 1 spiro atoms. The van der Waals surface area contributed by atoms with E-state index in [2.05, 4.69) is 31.9 Å². The van der Waals surface area contributed by atoms with E-state index in [0.29, 0.717) is 12.3 Å². The molecule has 150 valence electrons. The number of piperidine rings is 2. The van der Waals surface area contributed by atoms with Crippen LogP contribution in [-0.2, 0) is 17.8 Å². The van der Waals surface area contributed by atoms with Gasteiger partial charge in [-0.15, -0.1) is 0 Å². The van der Waals surface area contributed by atoms with Gasteiger partial charge >= 0.3 is 0 Å². The summed E-state index contributed by atoms with van der Waals surface area (Å²) in [5, 5.41) is 0. The van der Waals surface area contributed by atoms with Crippen molar-refractivity contribution in [2.75, 3.05) is 33.3 Å². The summed E-state index contributed by atoms with van der Waals surface area (Å²) in [6, 6.07) is 8.37. The van der Waals surface area contributed by atoms with Gasteiger partial charge < -0.3 is 14.6 Å². The Bertz CT molecular complexity index is 774. The van der Waals surface area contributed by atoms with Crippen LogP contribution in [0.15, 0.2) is 36.8 Å². The number of imidazole rings is 1. The maximum absolute atomic E-state index is 12.5. The molecule has 3 heterocycles. The average molecular weight is 383 g/mol. The summed E-state index contributed by atoms with van der Waals surface area (Å²) in [5.41, 5.74) is 2.66. The quantitative estimate of drug-likeness (QED) is 0.835. The fourth-order valence-corrected chi connectivity index (χ4v) is 4.75. The van der Waals surface area contributed by atoms with E-state index in [4.69, 9.17) is 4.74 Å². The minimum atomic E-state index is 0.243. The highest BCUT2D eigenvalue weighted by Gasteiger charge is 2.41. The third-order valence-corrected chi connectivity index (χ3v) is 6.26. The maximum Gasteiger partial charge on any atom is 0.222 e. The van der Waals surface area contributed by atoms with E-state index in [9.17, 15) is 4.79 Å². The first-order valence-corrected chi connectivity index (χ1v) is 10.3. The molecular formula is C22H30N4O2. The lowest BCUT2D eigenvalue weighted by atomic mass is 9.73. The van der Waals surface area contributed by atoms with Crippen LogP contribution in [0.3, 0.4) is 0 Å². The molecule has 2 fully saturated rings. The molecule has 1 atom stereocenters. The van der Waals surface area contributed by atoms with Crippen LogP contribution in [0.25, 0.3) is 0 Å². The van der Waals surface area contributed by atoms with Crippen molar-refractivity contribution >= 4 is 5.91 Å². The largest absolute Gasteiger partial charge is 0.497 e. The third kappa shape index (κ3) is 4.38. The first kappa shape index (κ1) is 19.0. The van der Waals surface area contributed by atoms with Gasteiger partial charge in [-0.05, 0) is 43.5 Å². The van der Waals surface area contributed by atoms with Crippen LogP contribution >= 0.6 is 0 Å². The molecule has 1 aromatic carbocycles. The van der Waals surface area contributed by atoms with Gasteiger partial charge in [0.1, 0.15) is 5.75 Å². The van der Waals surface area contributed by atoms with Crippen LogP contribution in [0.5, 0.6) is 5.75 Å². The van der Waals surface area contributed by atoms with Gasteiger partial charge in [0.15, 0.2) is 0 Å². The molecule has 6 nitrogen and oxygen atoms in total. The highest BCUT2D eigenvalue weighted by Crippen LogP contribution is 2.39. The highest BCUT2D eigenvalue weighted by molar-refractivity contribution is 5.77. The lowest BCUT2D eigenvalue weighted by Gasteiger charge is -2.48. The molecule has 2 aromatic rings.